The van der Waals surface area contributed by atoms with Crippen molar-refractivity contribution in [3.05, 3.63) is 51.4 Å². The summed E-state index contributed by atoms with van der Waals surface area (Å²) in [6.45, 7) is 6.83. The lowest BCUT2D eigenvalue weighted by atomic mass is 10.1. The third-order valence-corrected chi connectivity index (χ3v) is 5.09. The van der Waals surface area contributed by atoms with Crippen molar-refractivity contribution in [2.24, 2.45) is 0 Å². The summed E-state index contributed by atoms with van der Waals surface area (Å²) >= 11 is 0. The van der Waals surface area contributed by atoms with Crippen LogP contribution in [0.1, 0.15) is 48.7 Å². The van der Waals surface area contributed by atoms with Gasteiger partial charge in [0.1, 0.15) is 16.8 Å². The van der Waals surface area contributed by atoms with E-state index in [9.17, 15) is 9.59 Å². The second-order valence-electron chi connectivity index (χ2n) is 7.23. The molecule has 0 bridgehead atoms. The predicted molar refractivity (Wildman–Crippen MR) is 111 cm³/mol. The fourth-order valence-electron chi connectivity index (χ4n) is 3.30. The number of carbonyl (C=O) groups is 1. The number of nitrogens with zero attached hydrogens (tertiary/aromatic N) is 3. The van der Waals surface area contributed by atoms with Crippen LogP contribution in [-0.2, 0) is 4.74 Å². The Labute approximate surface area is 168 Å². The first-order chi connectivity index (χ1) is 13.9. The number of methoxy groups -OCH3 is 1. The smallest absolute Gasteiger partial charge is 0.267 e. The lowest BCUT2D eigenvalue weighted by molar-refractivity contribution is 0.0946. The van der Waals surface area contributed by atoms with Gasteiger partial charge < -0.3 is 14.6 Å². The minimum Gasteiger partial charge on any atom is -0.385 e. The zero-order chi connectivity index (χ0) is 21.1. The zero-order valence-corrected chi connectivity index (χ0v) is 17.3. The van der Waals surface area contributed by atoms with E-state index in [4.69, 9.17) is 10.1 Å². The molecule has 1 atom stereocenters. The monoisotopic (exact) mass is 397 g/mol. The van der Waals surface area contributed by atoms with Gasteiger partial charge >= 0.3 is 0 Å². The number of hydrogen-bond donors (Lipinski definition) is 2. The minimum atomic E-state index is -0.376. The molecule has 0 aliphatic heterocycles. The highest BCUT2D eigenvalue weighted by atomic mass is 16.5. The number of carbonyl (C=O) groups excluding carboxylic acids is 1. The minimum absolute atomic E-state index is 0.0550. The van der Waals surface area contributed by atoms with Crippen LogP contribution in [-0.4, -0.2) is 40.1 Å². The Balaban J connectivity index is 2.25. The fraction of sp³-hybridized carbons (Fsp3) is 0.429. The van der Waals surface area contributed by atoms with E-state index >= 15 is 0 Å². The molecule has 8 nitrogen and oxygen atoms in total. The molecule has 3 rings (SSSR count). The molecule has 3 heterocycles. The van der Waals surface area contributed by atoms with Crippen LogP contribution in [0.2, 0.25) is 0 Å². The molecule has 3 aromatic heterocycles. The van der Waals surface area contributed by atoms with Gasteiger partial charge in [-0.3, -0.25) is 19.4 Å². The summed E-state index contributed by atoms with van der Waals surface area (Å²) in [4.78, 5) is 30.6. The maximum Gasteiger partial charge on any atom is 0.267 e. The molecule has 2 N–H and O–H groups in total. The number of hydrogen-bond acceptors (Lipinski definition) is 5. The first-order valence-corrected chi connectivity index (χ1v) is 9.79. The van der Waals surface area contributed by atoms with Crippen LogP contribution >= 0.6 is 0 Å². The molecule has 8 heteroatoms. The van der Waals surface area contributed by atoms with Crippen LogP contribution in [0.4, 0.5) is 0 Å². The van der Waals surface area contributed by atoms with Gasteiger partial charge in [0.25, 0.3) is 11.5 Å². The van der Waals surface area contributed by atoms with Gasteiger partial charge in [-0.1, -0.05) is 13.0 Å². The fourth-order valence-corrected chi connectivity index (χ4v) is 3.30. The lowest BCUT2D eigenvalue weighted by Gasteiger charge is -2.19. The molecule has 0 unspecified atom stereocenters. The first-order valence-electron chi connectivity index (χ1n) is 9.79. The van der Waals surface area contributed by atoms with Crippen LogP contribution in [0.3, 0.4) is 0 Å². The maximum absolute atomic E-state index is 13.2. The quantitative estimate of drug-likeness (QED) is 0.471. The predicted octanol–water partition coefficient (Wildman–Crippen LogP) is 2.17. The SMILES string of the molecule is CC[C@H](C)n1c(=N)c(C(=O)NCCCOC)cc2c(=O)n3cc(C)ccc3nc21. The summed E-state index contributed by atoms with van der Waals surface area (Å²) in [6.07, 6.45) is 3.14. The van der Waals surface area contributed by atoms with Crippen molar-refractivity contribution in [3.63, 3.8) is 0 Å². The average molecular weight is 397 g/mol. The number of amides is 1. The Bertz CT molecular complexity index is 1180. The van der Waals surface area contributed by atoms with Gasteiger partial charge in [-0.05, 0) is 44.4 Å². The molecule has 0 aliphatic rings. The van der Waals surface area contributed by atoms with Gasteiger partial charge in [0.05, 0.1) is 10.9 Å². The second-order valence-corrected chi connectivity index (χ2v) is 7.23. The third-order valence-electron chi connectivity index (χ3n) is 5.09. The first kappa shape index (κ1) is 20.7. The van der Waals surface area contributed by atoms with Gasteiger partial charge in [-0.15, -0.1) is 0 Å². The highest BCUT2D eigenvalue weighted by Crippen LogP contribution is 2.17. The molecule has 0 fully saturated rings. The van der Waals surface area contributed by atoms with E-state index in [-0.39, 0.29) is 28.6 Å². The molecule has 0 saturated heterocycles. The normalized spacial score (nSPS) is 12.4. The number of fused-ring (bicyclic) bond motifs is 2. The Hall–Kier alpha value is -3.00. The van der Waals surface area contributed by atoms with E-state index in [2.05, 4.69) is 10.3 Å². The molecular formula is C21H27N5O3. The largest absolute Gasteiger partial charge is 0.385 e. The van der Waals surface area contributed by atoms with E-state index in [1.165, 1.54) is 10.5 Å². The van der Waals surface area contributed by atoms with Crippen LogP contribution < -0.4 is 16.4 Å². The number of ether oxygens (including phenoxy) is 1. The van der Waals surface area contributed by atoms with Crippen LogP contribution in [0.15, 0.2) is 29.2 Å². The van der Waals surface area contributed by atoms with Gasteiger partial charge in [-0.25, -0.2) is 4.98 Å². The van der Waals surface area contributed by atoms with Crippen molar-refractivity contribution in [2.75, 3.05) is 20.3 Å². The number of aromatic nitrogens is 3. The molecule has 1 amide bonds. The standard InChI is InChI=1S/C21H27N5O3/c1-5-14(3)26-18(22)15(20(27)23-9-6-10-29-4)11-16-19(26)24-17-8-7-13(2)12-25(17)21(16)28/h7-8,11-12,14,22H,5-6,9-10H2,1-4H3,(H,23,27)/t14-/m0/s1. The van der Waals surface area contributed by atoms with E-state index in [1.54, 1.807) is 23.9 Å². The maximum atomic E-state index is 13.2. The lowest BCUT2D eigenvalue weighted by Crippen LogP contribution is -2.36. The van der Waals surface area contributed by atoms with Gasteiger partial charge in [0.2, 0.25) is 0 Å². The number of rotatable bonds is 7. The summed E-state index contributed by atoms with van der Waals surface area (Å²) in [5.41, 5.74) is 1.85. The average Bonchev–Trinajstić information content (AvgIpc) is 2.71. The molecule has 0 aliphatic carbocycles. The van der Waals surface area contributed by atoms with Crippen molar-refractivity contribution in [1.29, 1.82) is 5.41 Å². The molecule has 3 aromatic rings. The van der Waals surface area contributed by atoms with Crippen LogP contribution in [0.25, 0.3) is 16.7 Å². The Morgan fingerprint density at radius 1 is 1.38 bits per heavy atom. The Kier molecular flexibility index (Phi) is 6.12. The highest BCUT2D eigenvalue weighted by molar-refractivity contribution is 5.96. The van der Waals surface area contributed by atoms with Crippen LogP contribution in [0, 0.1) is 12.3 Å². The summed E-state index contributed by atoms with van der Waals surface area (Å²) in [5, 5.41) is 11.8. The van der Waals surface area contributed by atoms with Crippen molar-refractivity contribution < 1.29 is 9.53 Å². The van der Waals surface area contributed by atoms with E-state index < -0.39 is 0 Å². The van der Waals surface area contributed by atoms with E-state index in [0.29, 0.717) is 36.3 Å². The van der Waals surface area contributed by atoms with Crippen LogP contribution in [0.5, 0.6) is 0 Å². The van der Waals surface area contributed by atoms with E-state index in [1.807, 2.05) is 26.8 Å². The Morgan fingerprint density at radius 3 is 2.83 bits per heavy atom. The van der Waals surface area contributed by atoms with Gasteiger partial charge in [0.15, 0.2) is 0 Å². The topological polar surface area (TPSA) is 101 Å². The van der Waals surface area contributed by atoms with Crippen molar-refractivity contribution >= 4 is 22.6 Å². The van der Waals surface area contributed by atoms with E-state index in [0.717, 1.165) is 12.0 Å². The molecule has 154 valence electrons. The number of aryl methyl sites for hydroxylation is 1. The highest BCUT2D eigenvalue weighted by Gasteiger charge is 2.19. The number of nitrogens with one attached hydrogen (secondary N) is 2. The summed E-state index contributed by atoms with van der Waals surface area (Å²) in [6, 6.07) is 5.08. The van der Waals surface area contributed by atoms with Crippen molar-refractivity contribution in [3.8, 4) is 0 Å². The summed E-state index contributed by atoms with van der Waals surface area (Å²) in [5.74, 6) is -0.376. The Morgan fingerprint density at radius 2 is 2.14 bits per heavy atom. The second kappa shape index (κ2) is 8.57. The third kappa shape index (κ3) is 3.93. The zero-order valence-electron chi connectivity index (χ0n) is 17.3. The molecule has 0 radical (unpaired) electrons. The molecule has 0 aromatic carbocycles. The molecule has 0 saturated carbocycles. The molecule has 0 spiro atoms. The van der Waals surface area contributed by atoms with Gasteiger partial charge in [-0.2, -0.15) is 0 Å². The summed E-state index contributed by atoms with van der Waals surface area (Å²) < 4.78 is 8.17. The molecular weight excluding hydrogens is 370 g/mol. The summed E-state index contributed by atoms with van der Waals surface area (Å²) in [7, 11) is 1.61. The van der Waals surface area contributed by atoms with Gasteiger partial charge in [0, 0.05) is 32.5 Å². The number of pyridine rings is 2. The van der Waals surface area contributed by atoms with Crippen molar-refractivity contribution in [1.82, 2.24) is 19.3 Å². The van der Waals surface area contributed by atoms with Crippen molar-refractivity contribution in [2.45, 2.75) is 39.7 Å². The molecule has 29 heavy (non-hydrogen) atoms.